The van der Waals surface area contributed by atoms with Crippen LogP contribution in [-0.2, 0) is 5.75 Å². The zero-order chi connectivity index (χ0) is 14.8. The van der Waals surface area contributed by atoms with Gasteiger partial charge in [0.05, 0.1) is 0 Å². The second-order valence-corrected chi connectivity index (χ2v) is 5.37. The van der Waals surface area contributed by atoms with Crippen molar-refractivity contribution in [3.05, 3.63) is 63.6 Å². The summed E-state index contributed by atoms with van der Waals surface area (Å²) in [5, 5.41) is 12.4. The molecule has 0 saturated carbocycles. The SMILES string of the molecule is Cc1nc2c(nc(SCc3ccccc3)c[n+]2[O-])c(=O)o1. The lowest BCUT2D eigenvalue weighted by Gasteiger charge is -2.06. The van der Waals surface area contributed by atoms with Crippen molar-refractivity contribution >= 4 is 22.9 Å². The fourth-order valence-electron chi connectivity index (χ4n) is 1.85. The van der Waals surface area contributed by atoms with Gasteiger partial charge in [-0.3, -0.25) is 0 Å². The molecule has 2 aromatic heterocycles. The molecular weight excluding hydrogens is 290 g/mol. The van der Waals surface area contributed by atoms with E-state index < -0.39 is 5.63 Å². The van der Waals surface area contributed by atoms with Gasteiger partial charge in [0, 0.05) is 12.7 Å². The lowest BCUT2D eigenvalue weighted by molar-refractivity contribution is -0.582. The molecule has 6 nitrogen and oxygen atoms in total. The Kier molecular flexibility index (Phi) is 3.57. The maximum Gasteiger partial charge on any atom is 0.373 e. The summed E-state index contributed by atoms with van der Waals surface area (Å²) in [6.45, 7) is 1.51. The average molecular weight is 301 g/mol. The Bertz CT molecular complexity index is 849. The molecule has 7 heteroatoms. The summed E-state index contributed by atoms with van der Waals surface area (Å²) < 4.78 is 5.43. The number of benzene rings is 1. The first-order valence-corrected chi connectivity index (χ1v) is 7.20. The zero-order valence-corrected chi connectivity index (χ0v) is 12.0. The molecule has 0 radical (unpaired) electrons. The Morgan fingerprint density at radius 2 is 2.05 bits per heavy atom. The van der Waals surface area contributed by atoms with E-state index in [1.165, 1.54) is 24.9 Å². The highest BCUT2D eigenvalue weighted by Crippen LogP contribution is 2.20. The van der Waals surface area contributed by atoms with Crippen LogP contribution < -0.4 is 10.4 Å². The Morgan fingerprint density at radius 3 is 2.81 bits per heavy atom. The molecule has 0 N–H and O–H groups in total. The molecule has 0 saturated heterocycles. The monoisotopic (exact) mass is 301 g/mol. The minimum atomic E-state index is -0.649. The minimum absolute atomic E-state index is 0.0205. The van der Waals surface area contributed by atoms with Gasteiger partial charge >= 0.3 is 17.2 Å². The van der Waals surface area contributed by atoms with Crippen LogP contribution in [0.1, 0.15) is 11.5 Å². The summed E-state index contributed by atoms with van der Waals surface area (Å²) in [7, 11) is 0. The molecule has 0 aliphatic carbocycles. The van der Waals surface area contributed by atoms with Crippen LogP contribution in [0.5, 0.6) is 0 Å². The maximum atomic E-state index is 11.9. The van der Waals surface area contributed by atoms with Crippen molar-refractivity contribution in [2.24, 2.45) is 0 Å². The van der Waals surface area contributed by atoms with Gasteiger partial charge in [-0.1, -0.05) is 42.1 Å². The van der Waals surface area contributed by atoms with Crippen molar-refractivity contribution in [1.82, 2.24) is 9.97 Å². The number of thioether (sulfide) groups is 1. The number of nitrogens with zero attached hydrogens (tertiary/aromatic N) is 3. The van der Waals surface area contributed by atoms with Crippen molar-refractivity contribution in [3.8, 4) is 0 Å². The summed E-state index contributed by atoms with van der Waals surface area (Å²) in [6.07, 6.45) is 1.32. The molecule has 0 amide bonds. The third-order valence-corrected chi connectivity index (χ3v) is 3.77. The number of aryl methyl sites for hydroxylation is 1. The Labute approximate surface area is 124 Å². The van der Waals surface area contributed by atoms with E-state index in [0.29, 0.717) is 15.5 Å². The van der Waals surface area contributed by atoms with Gasteiger partial charge in [-0.05, 0) is 10.5 Å². The fourth-order valence-corrected chi connectivity index (χ4v) is 2.68. The normalized spacial score (nSPS) is 10.9. The summed E-state index contributed by atoms with van der Waals surface area (Å²) in [5.41, 5.74) is 0.390. The number of aromatic nitrogens is 3. The van der Waals surface area contributed by atoms with Gasteiger partial charge in [-0.2, -0.15) is 0 Å². The maximum absolute atomic E-state index is 11.9. The molecule has 0 aliphatic rings. The van der Waals surface area contributed by atoms with Gasteiger partial charge in [0.1, 0.15) is 11.2 Å². The highest BCUT2D eigenvalue weighted by molar-refractivity contribution is 7.98. The number of hydrogen-bond donors (Lipinski definition) is 0. The summed E-state index contributed by atoms with van der Waals surface area (Å²) in [4.78, 5) is 19.8. The fraction of sp³-hybridized carbons (Fsp3) is 0.143. The molecule has 0 spiro atoms. The van der Waals surface area contributed by atoms with E-state index in [4.69, 9.17) is 4.42 Å². The topological polar surface area (TPSA) is 82.9 Å². The summed E-state index contributed by atoms with van der Waals surface area (Å²) >= 11 is 1.38. The number of hydrogen-bond acceptors (Lipinski definition) is 6. The van der Waals surface area contributed by atoms with Crippen molar-refractivity contribution < 1.29 is 9.15 Å². The quantitative estimate of drug-likeness (QED) is 0.417. The largest absolute Gasteiger partial charge is 0.710 e. The van der Waals surface area contributed by atoms with Gasteiger partial charge in [0.2, 0.25) is 5.52 Å². The molecule has 3 rings (SSSR count). The molecule has 0 atom stereocenters. The van der Waals surface area contributed by atoms with Crippen molar-refractivity contribution in [3.63, 3.8) is 0 Å². The predicted molar refractivity (Wildman–Crippen MR) is 77.8 cm³/mol. The van der Waals surface area contributed by atoms with Crippen LogP contribution in [0.4, 0.5) is 0 Å². The van der Waals surface area contributed by atoms with Crippen LogP contribution in [0.3, 0.4) is 0 Å². The Morgan fingerprint density at radius 1 is 1.29 bits per heavy atom. The summed E-state index contributed by atoms with van der Waals surface area (Å²) in [5.74, 6) is 0.799. The van der Waals surface area contributed by atoms with Gasteiger partial charge in [0.25, 0.3) is 0 Å². The van der Waals surface area contributed by atoms with E-state index >= 15 is 0 Å². The highest BCUT2D eigenvalue weighted by atomic mass is 32.2. The molecular formula is C14H11N3O3S. The Balaban J connectivity index is 1.95. The van der Waals surface area contributed by atoms with Crippen LogP contribution in [0.2, 0.25) is 0 Å². The lowest BCUT2D eigenvalue weighted by atomic mass is 10.2. The van der Waals surface area contributed by atoms with Crippen LogP contribution in [0.15, 0.2) is 50.8 Å². The lowest BCUT2D eigenvalue weighted by Crippen LogP contribution is -2.30. The Hall–Kier alpha value is -2.41. The van der Waals surface area contributed by atoms with Gasteiger partial charge < -0.3 is 9.62 Å². The van der Waals surface area contributed by atoms with E-state index in [0.717, 1.165) is 5.56 Å². The second kappa shape index (κ2) is 5.53. The van der Waals surface area contributed by atoms with Gasteiger partial charge in [0.15, 0.2) is 0 Å². The summed E-state index contributed by atoms with van der Waals surface area (Å²) in [6, 6.07) is 9.79. The zero-order valence-electron chi connectivity index (χ0n) is 11.1. The highest BCUT2D eigenvalue weighted by Gasteiger charge is 2.16. The van der Waals surface area contributed by atoms with Crippen LogP contribution >= 0.6 is 11.8 Å². The first-order valence-electron chi connectivity index (χ1n) is 6.22. The molecule has 21 heavy (non-hydrogen) atoms. The van der Waals surface area contributed by atoms with Crippen LogP contribution in [0, 0.1) is 12.1 Å². The molecule has 0 fully saturated rings. The second-order valence-electron chi connectivity index (χ2n) is 4.37. The average Bonchev–Trinajstić information content (AvgIpc) is 2.47. The standard InChI is InChI=1S/C14H11N3O3S/c1-9-15-13-12(14(18)20-9)16-11(7-17(13)19)21-8-10-5-3-2-4-6-10/h2-7H,8H2,1H3. The third-order valence-electron chi connectivity index (χ3n) is 2.80. The van der Waals surface area contributed by atoms with E-state index in [9.17, 15) is 10.0 Å². The molecule has 106 valence electrons. The third kappa shape index (κ3) is 2.87. The van der Waals surface area contributed by atoms with E-state index in [1.807, 2.05) is 30.3 Å². The van der Waals surface area contributed by atoms with Gasteiger partial charge in [-0.15, -0.1) is 0 Å². The number of fused-ring (bicyclic) bond motifs is 1. The van der Waals surface area contributed by atoms with E-state index in [2.05, 4.69) is 9.97 Å². The molecule has 0 aliphatic heterocycles. The first kappa shape index (κ1) is 13.6. The van der Waals surface area contributed by atoms with Crippen molar-refractivity contribution in [2.45, 2.75) is 17.7 Å². The van der Waals surface area contributed by atoms with Crippen molar-refractivity contribution in [1.29, 1.82) is 0 Å². The smallest absolute Gasteiger partial charge is 0.373 e. The molecule has 0 bridgehead atoms. The molecule has 2 heterocycles. The van der Waals surface area contributed by atoms with Crippen molar-refractivity contribution in [2.75, 3.05) is 0 Å². The van der Waals surface area contributed by atoms with E-state index in [1.54, 1.807) is 0 Å². The van der Waals surface area contributed by atoms with Crippen LogP contribution in [-0.4, -0.2) is 9.97 Å². The van der Waals surface area contributed by atoms with E-state index in [-0.39, 0.29) is 17.1 Å². The first-order chi connectivity index (χ1) is 10.1. The van der Waals surface area contributed by atoms with Crippen LogP contribution in [0.25, 0.3) is 11.2 Å². The predicted octanol–water partition coefficient (Wildman–Crippen LogP) is 1.82. The molecule has 0 unspecified atom stereocenters. The minimum Gasteiger partial charge on any atom is -0.710 e. The molecule has 3 aromatic rings. The number of rotatable bonds is 3. The van der Waals surface area contributed by atoms with Gasteiger partial charge in [-0.25, -0.2) is 14.5 Å². The molecule has 1 aromatic carbocycles.